The molecule has 3 aliphatic carbocycles. The monoisotopic (exact) mass is 551 g/mol. The minimum atomic E-state index is -1.23. The van der Waals surface area contributed by atoms with Crippen molar-refractivity contribution < 1.29 is 29.1 Å². The maximum absolute atomic E-state index is 14.1. The maximum atomic E-state index is 14.1. The summed E-state index contributed by atoms with van der Waals surface area (Å²) in [7, 11) is -0.631. The summed E-state index contributed by atoms with van der Waals surface area (Å²) in [6.07, 6.45) is 4.27. The van der Waals surface area contributed by atoms with E-state index in [2.05, 4.69) is 44.9 Å². The van der Waals surface area contributed by atoms with E-state index in [1.165, 1.54) is 24.2 Å². The highest BCUT2D eigenvalue weighted by atomic mass is 16.7. The minimum absolute atomic E-state index is 0.0317. The van der Waals surface area contributed by atoms with E-state index in [9.17, 15) is 19.8 Å². The number of nitrogens with zero attached hydrogens (tertiary/aromatic N) is 2. The largest absolute Gasteiger partial charge is 0.481 e. The molecule has 3 N–H and O–H groups in total. The van der Waals surface area contributed by atoms with Gasteiger partial charge in [-0.1, -0.05) is 58.0 Å². The fourth-order valence-electron chi connectivity index (χ4n) is 7.48. The molecule has 1 aromatic carbocycles. The van der Waals surface area contributed by atoms with Crippen LogP contribution in [0.3, 0.4) is 0 Å². The number of carboxylic acids is 1. The number of carboxylic acid groups (broad SMARTS) is 1. The first kappa shape index (κ1) is 28.8. The first-order chi connectivity index (χ1) is 18.8. The van der Waals surface area contributed by atoms with Gasteiger partial charge in [0.1, 0.15) is 6.04 Å². The van der Waals surface area contributed by atoms with Crippen LogP contribution in [0.5, 0.6) is 0 Å². The van der Waals surface area contributed by atoms with Crippen molar-refractivity contribution in [2.24, 2.45) is 28.2 Å². The standard InChI is InChI=1S/C30H42BN3O6/c1-17(2)12-25(31-39-24-14-20-13-23(29(20,4)5)30(24,6)40-31)33-27(36)26(18(3)35)34-21(19-10-8-7-9-11-19)15-32-16-22(34)28(37)38/h7-11,15-18,20,22-26,35H,12-14H2,1-6H3,(H,33,36)(H,37,38)/t18-,20+,22?,23+,24-,25+,26+,30+/m1/s1. The topological polar surface area (TPSA) is 121 Å². The summed E-state index contributed by atoms with van der Waals surface area (Å²) in [5.41, 5.74) is 0.919. The van der Waals surface area contributed by atoms with Crippen molar-refractivity contribution in [1.82, 2.24) is 10.2 Å². The molecule has 0 spiro atoms. The van der Waals surface area contributed by atoms with Gasteiger partial charge in [0.2, 0.25) is 5.91 Å². The molecule has 5 aliphatic rings. The average molecular weight is 551 g/mol. The van der Waals surface area contributed by atoms with Gasteiger partial charge in [-0.2, -0.15) is 0 Å². The third-order valence-corrected chi connectivity index (χ3v) is 9.70. The second-order valence-corrected chi connectivity index (χ2v) is 13.1. The smallest absolute Gasteiger partial charge is 0.479 e. The van der Waals surface area contributed by atoms with Crippen LogP contribution in [0.15, 0.2) is 41.5 Å². The molecular formula is C30H42BN3O6. The number of aliphatic hydroxyl groups excluding tert-OH is 1. The molecule has 1 aromatic rings. The second-order valence-electron chi connectivity index (χ2n) is 13.1. The Balaban J connectivity index is 1.42. The lowest BCUT2D eigenvalue weighted by atomic mass is 9.43. The van der Waals surface area contributed by atoms with Crippen molar-refractivity contribution in [2.75, 3.05) is 0 Å². The van der Waals surface area contributed by atoms with Crippen LogP contribution in [0.25, 0.3) is 5.70 Å². The molecule has 10 heteroatoms. The molecule has 0 aromatic heterocycles. The normalized spacial score (nSPS) is 32.5. The van der Waals surface area contributed by atoms with Gasteiger partial charge >= 0.3 is 13.1 Å². The summed E-state index contributed by atoms with van der Waals surface area (Å²) < 4.78 is 13.2. The Bertz CT molecular complexity index is 1190. The van der Waals surface area contributed by atoms with Crippen molar-refractivity contribution in [2.45, 2.75) is 96.6 Å². The molecule has 1 saturated heterocycles. The third kappa shape index (κ3) is 4.88. The van der Waals surface area contributed by atoms with E-state index in [0.29, 0.717) is 29.5 Å². The fraction of sp³-hybridized carbons (Fsp3) is 0.633. The second kappa shape index (κ2) is 10.6. The Kier molecular flexibility index (Phi) is 7.65. The van der Waals surface area contributed by atoms with Crippen molar-refractivity contribution in [3.05, 3.63) is 42.1 Å². The SMILES string of the molecule is CC(C)C[C@H](NC(=O)[C@H]([C@@H](C)O)N1C(c2ccccc2)=CN=CC1C(=O)O)B1O[C@@H]2C[C@@H]3C[C@@H](C3(C)C)[C@]2(C)O1. The third-order valence-electron chi connectivity index (χ3n) is 9.70. The van der Waals surface area contributed by atoms with Gasteiger partial charge in [-0.25, -0.2) is 4.79 Å². The summed E-state index contributed by atoms with van der Waals surface area (Å²) in [6, 6.07) is 6.75. The van der Waals surface area contributed by atoms with Crippen molar-refractivity contribution in [3.63, 3.8) is 0 Å². The molecule has 3 saturated carbocycles. The van der Waals surface area contributed by atoms with E-state index in [-0.39, 0.29) is 17.4 Å². The number of carbonyl (C=O) groups is 2. The zero-order chi connectivity index (χ0) is 29.0. The molecule has 2 bridgehead atoms. The molecule has 2 heterocycles. The van der Waals surface area contributed by atoms with Crippen LogP contribution in [-0.2, 0) is 18.9 Å². The summed E-state index contributed by atoms with van der Waals surface area (Å²) >= 11 is 0. The van der Waals surface area contributed by atoms with Gasteiger partial charge in [0.25, 0.3) is 0 Å². The zero-order valence-corrected chi connectivity index (χ0v) is 24.3. The lowest BCUT2D eigenvalue weighted by molar-refractivity contribution is -0.199. The first-order valence-corrected chi connectivity index (χ1v) is 14.5. The van der Waals surface area contributed by atoms with Crippen molar-refractivity contribution in [3.8, 4) is 0 Å². The lowest BCUT2D eigenvalue weighted by Gasteiger charge is -2.64. The maximum Gasteiger partial charge on any atom is 0.481 e. The fourth-order valence-corrected chi connectivity index (χ4v) is 7.48. The quantitative estimate of drug-likeness (QED) is 0.403. The van der Waals surface area contributed by atoms with Crippen molar-refractivity contribution >= 4 is 30.9 Å². The number of carbonyl (C=O) groups excluding carboxylic acids is 1. The molecule has 0 radical (unpaired) electrons. The summed E-state index contributed by atoms with van der Waals surface area (Å²) in [6.45, 7) is 12.4. The number of hydrogen-bond acceptors (Lipinski definition) is 7. The van der Waals surface area contributed by atoms with E-state index in [1.807, 2.05) is 30.3 Å². The predicted octanol–water partition coefficient (Wildman–Crippen LogP) is 3.37. The number of rotatable bonds is 9. The molecule has 40 heavy (non-hydrogen) atoms. The number of aliphatic carboxylic acids is 1. The first-order valence-electron chi connectivity index (χ1n) is 14.5. The van der Waals surface area contributed by atoms with Gasteiger partial charge in [0.05, 0.1) is 35.6 Å². The molecule has 4 fully saturated rings. The van der Waals surface area contributed by atoms with Gasteiger partial charge in [0, 0.05) is 6.21 Å². The summed E-state index contributed by atoms with van der Waals surface area (Å²) in [4.78, 5) is 32.0. The highest BCUT2D eigenvalue weighted by Crippen LogP contribution is 2.65. The number of hydrogen-bond donors (Lipinski definition) is 3. The number of nitrogens with one attached hydrogen (secondary N) is 1. The lowest BCUT2D eigenvalue weighted by Crippen LogP contribution is -2.65. The van der Waals surface area contributed by atoms with Crippen LogP contribution in [0.1, 0.15) is 66.4 Å². The Morgan fingerprint density at radius 1 is 1.18 bits per heavy atom. The van der Waals surface area contributed by atoms with Crippen molar-refractivity contribution in [1.29, 1.82) is 0 Å². The molecule has 1 unspecified atom stereocenters. The minimum Gasteiger partial charge on any atom is -0.479 e. The molecular weight excluding hydrogens is 509 g/mol. The Hall–Kier alpha value is -2.69. The van der Waals surface area contributed by atoms with Crippen LogP contribution in [0.2, 0.25) is 0 Å². The number of benzene rings is 1. The van der Waals surface area contributed by atoms with Crippen LogP contribution in [0, 0.1) is 23.2 Å². The van der Waals surface area contributed by atoms with Crippen LogP contribution in [-0.4, -0.2) is 76.2 Å². The highest BCUT2D eigenvalue weighted by Gasteiger charge is 2.68. The Morgan fingerprint density at radius 3 is 2.48 bits per heavy atom. The van der Waals surface area contributed by atoms with Crippen LogP contribution < -0.4 is 5.32 Å². The van der Waals surface area contributed by atoms with E-state index in [0.717, 1.165) is 12.8 Å². The number of amides is 1. The highest BCUT2D eigenvalue weighted by molar-refractivity contribution is 6.48. The van der Waals surface area contributed by atoms with Gasteiger partial charge in [-0.3, -0.25) is 9.79 Å². The van der Waals surface area contributed by atoms with Gasteiger partial charge in [-0.15, -0.1) is 0 Å². The molecule has 8 atom stereocenters. The number of aliphatic imine (C=N–C) groups is 1. The van der Waals surface area contributed by atoms with Gasteiger partial charge in [-0.05, 0) is 61.8 Å². The average Bonchev–Trinajstić information content (AvgIpc) is 3.25. The van der Waals surface area contributed by atoms with Gasteiger partial charge < -0.3 is 29.7 Å². The Morgan fingerprint density at radius 2 is 1.88 bits per heavy atom. The molecule has 2 aliphatic heterocycles. The van der Waals surface area contributed by atoms with E-state index in [4.69, 9.17) is 9.31 Å². The zero-order valence-electron chi connectivity index (χ0n) is 24.3. The van der Waals surface area contributed by atoms with Gasteiger partial charge in [0.15, 0.2) is 6.04 Å². The Labute approximate surface area is 237 Å². The van der Waals surface area contributed by atoms with E-state index >= 15 is 0 Å². The molecule has 9 nitrogen and oxygen atoms in total. The molecule has 216 valence electrons. The predicted molar refractivity (Wildman–Crippen MR) is 153 cm³/mol. The van der Waals surface area contributed by atoms with Crippen LogP contribution in [0.4, 0.5) is 0 Å². The summed E-state index contributed by atoms with van der Waals surface area (Å²) in [5, 5.41) is 24.1. The van der Waals surface area contributed by atoms with Crippen LogP contribution >= 0.6 is 0 Å². The summed E-state index contributed by atoms with van der Waals surface area (Å²) in [5.74, 6) is -0.895. The number of aliphatic hydroxyl groups is 1. The molecule has 6 rings (SSSR count). The van der Waals surface area contributed by atoms with E-state index in [1.54, 1.807) is 0 Å². The molecule has 1 amide bonds. The van der Waals surface area contributed by atoms with E-state index < -0.39 is 48.7 Å².